The molecule has 0 bridgehead atoms. The van der Waals surface area contributed by atoms with Crippen LogP contribution < -0.4 is 11.1 Å². The van der Waals surface area contributed by atoms with Crippen molar-refractivity contribution in [1.29, 1.82) is 0 Å². The van der Waals surface area contributed by atoms with Crippen molar-refractivity contribution in [2.45, 2.75) is 19.4 Å². The van der Waals surface area contributed by atoms with E-state index < -0.39 is 0 Å². The third-order valence-electron chi connectivity index (χ3n) is 3.99. The van der Waals surface area contributed by atoms with Gasteiger partial charge in [0.15, 0.2) is 0 Å². The smallest absolute Gasteiger partial charge is 0.238 e. The zero-order valence-electron chi connectivity index (χ0n) is 12.6. The van der Waals surface area contributed by atoms with Gasteiger partial charge in [-0.15, -0.1) is 0 Å². The Morgan fingerprint density at radius 2 is 2.24 bits per heavy atom. The second kappa shape index (κ2) is 7.11. The quantitative estimate of drug-likeness (QED) is 0.834. The Morgan fingerprint density at radius 1 is 1.48 bits per heavy atom. The molecular formula is C15H23ClN4O. The molecule has 6 heteroatoms. The lowest BCUT2D eigenvalue weighted by atomic mass is 10.1. The van der Waals surface area contributed by atoms with Crippen molar-refractivity contribution < 1.29 is 4.79 Å². The molecule has 1 heterocycles. The molecule has 2 rings (SSSR count). The Balaban J connectivity index is 1.90. The average Bonchev–Trinajstić information content (AvgIpc) is 2.44. The van der Waals surface area contributed by atoms with Crippen LogP contribution in [0.5, 0.6) is 0 Å². The molecule has 21 heavy (non-hydrogen) atoms. The number of nitrogens with zero attached hydrogens (tertiary/aromatic N) is 2. The topological polar surface area (TPSA) is 61.6 Å². The van der Waals surface area contributed by atoms with E-state index in [1.54, 1.807) is 18.2 Å². The van der Waals surface area contributed by atoms with Gasteiger partial charge < -0.3 is 16.0 Å². The molecule has 0 aliphatic carbocycles. The van der Waals surface area contributed by atoms with Gasteiger partial charge in [0.1, 0.15) is 0 Å². The lowest BCUT2D eigenvalue weighted by Gasteiger charge is -2.38. The summed E-state index contributed by atoms with van der Waals surface area (Å²) >= 11 is 5.85. The van der Waals surface area contributed by atoms with E-state index in [9.17, 15) is 4.79 Å². The molecule has 1 fully saturated rings. The normalized spacial score (nSPS) is 20.4. The fourth-order valence-corrected chi connectivity index (χ4v) is 2.82. The van der Waals surface area contributed by atoms with E-state index >= 15 is 0 Å². The zero-order valence-corrected chi connectivity index (χ0v) is 13.4. The van der Waals surface area contributed by atoms with Crippen LogP contribution in [0.15, 0.2) is 18.2 Å². The van der Waals surface area contributed by atoms with Crippen LogP contribution in [0, 0.1) is 0 Å². The van der Waals surface area contributed by atoms with Crippen molar-refractivity contribution in [2.24, 2.45) is 0 Å². The number of nitrogen functional groups attached to an aromatic ring is 1. The molecule has 1 aromatic rings. The van der Waals surface area contributed by atoms with Gasteiger partial charge in [0.2, 0.25) is 5.91 Å². The average molecular weight is 311 g/mol. The third-order valence-corrected chi connectivity index (χ3v) is 4.22. The molecule has 5 nitrogen and oxygen atoms in total. The molecule has 116 valence electrons. The molecule has 0 saturated carbocycles. The van der Waals surface area contributed by atoms with E-state index in [1.165, 1.54) is 0 Å². The van der Waals surface area contributed by atoms with Crippen molar-refractivity contribution in [2.75, 3.05) is 44.3 Å². The molecule has 1 aliphatic heterocycles. The Hall–Kier alpha value is -1.30. The summed E-state index contributed by atoms with van der Waals surface area (Å²) in [6, 6.07) is 5.61. The van der Waals surface area contributed by atoms with Crippen molar-refractivity contribution in [3.63, 3.8) is 0 Å². The van der Waals surface area contributed by atoms with Gasteiger partial charge in [-0.2, -0.15) is 0 Å². The van der Waals surface area contributed by atoms with Crippen molar-refractivity contribution in [3.8, 4) is 0 Å². The number of benzene rings is 1. The highest BCUT2D eigenvalue weighted by atomic mass is 35.5. The summed E-state index contributed by atoms with van der Waals surface area (Å²) in [4.78, 5) is 16.7. The maximum Gasteiger partial charge on any atom is 0.238 e. The van der Waals surface area contributed by atoms with Crippen LogP contribution in [0.2, 0.25) is 5.02 Å². The van der Waals surface area contributed by atoms with Gasteiger partial charge in [0.25, 0.3) is 0 Å². The first-order chi connectivity index (χ1) is 9.99. The van der Waals surface area contributed by atoms with E-state index in [0.717, 1.165) is 26.1 Å². The lowest BCUT2D eigenvalue weighted by molar-refractivity contribution is -0.118. The number of carbonyl (C=O) groups excluding carboxylic acids is 1. The van der Waals surface area contributed by atoms with Crippen LogP contribution in [0.3, 0.4) is 0 Å². The first-order valence-corrected chi connectivity index (χ1v) is 7.65. The molecule has 0 aromatic heterocycles. The van der Waals surface area contributed by atoms with E-state index in [0.29, 0.717) is 29.0 Å². The number of amides is 1. The number of nitrogens with one attached hydrogen (secondary N) is 1. The second-order valence-electron chi connectivity index (χ2n) is 5.56. The number of nitrogens with two attached hydrogens (primary N) is 1. The predicted octanol–water partition coefficient (Wildman–Crippen LogP) is 1.89. The van der Waals surface area contributed by atoms with Gasteiger partial charge in [-0.1, -0.05) is 18.5 Å². The third kappa shape index (κ3) is 4.33. The predicted molar refractivity (Wildman–Crippen MR) is 87.6 cm³/mol. The number of carbonyl (C=O) groups is 1. The van der Waals surface area contributed by atoms with Crippen molar-refractivity contribution in [1.82, 2.24) is 9.80 Å². The monoisotopic (exact) mass is 310 g/mol. The summed E-state index contributed by atoms with van der Waals surface area (Å²) in [5, 5.41) is 3.42. The van der Waals surface area contributed by atoms with E-state index in [1.807, 2.05) is 0 Å². The van der Waals surface area contributed by atoms with E-state index in [4.69, 9.17) is 17.3 Å². The molecule has 1 aliphatic rings. The van der Waals surface area contributed by atoms with E-state index in [-0.39, 0.29) is 5.91 Å². The molecule has 1 aromatic carbocycles. The van der Waals surface area contributed by atoms with Crippen molar-refractivity contribution in [3.05, 3.63) is 23.2 Å². The Labute approximate surface area is 131 Å². The molecule has 0 radical (unpaired) electrons. The maximum atomic E-state index is 12.1. The summed E-state index contributed by atoms with van der Waals surface area (Å²) in [7, 11) is 2.14. The number of piperazine rings is 1. The largest absolute Gasteiger partial charge is 0.397 e. The summed E-state index contributed by atoms with van der Waals surface area (Å²) in [6.45, 7) is 5.41. The van der Waals surface area contributed by atoms with E-state index in [2.05, 4.69) is 29.1 Å². The summed E-state index contributed by atoms with van der Waals surface area (Å²) < 4.78 is 0. The van der Waals surface area contributed by atoms with Crippen LogP contribution in [0.25, 0.3) is 0 Å². The summed E-state index contributed by atoms with van der Waals surface area (Å²) in [5.41, 5.74) is 6.95. The minimum atomic E-state index is -0.0385. The SMILES string of the molecule is CCC1CN(CC(=O)Nc2ccc(Cl)cc2N)CCN1C. The minimum Gasteiger partial charge on any atom is -0.397 e. The molecule has 1 unspecified atom stereocenters. The number of hydrogen-bond acceptors (Lipinski definition) is 4. The number of anilines is 2. The van der Waals surface area contributed by atoms with Gasteiger partial charge in [-0.25, -0.2) is 0 Å². The Morgan fingerprint density at radius 3 is 2.90 bits per heavy atom. The molecular weight excluding hydrogens is 288 g/mol. The fourth-order valence-electron chi connectivity index (χ4n) is 2.64. The molecule has 1 saturated heterocycles. The molecule has 0 spiro atoms. The van der Waals surface area contributed by atoms with Crippen molar-refractivity contribution >= 4 is 28.9 Å². The van der Waals surface area contributed by atoms with Gasteiger partial charge in [0, 0.05) is 30.7 Å². The minimum absolute atomic E-state index is 0.0385. The highest BCUT2D eigenvalue weighted by Crippen LogP contribution is 2.22. The van der Waals surface area contributed by atoms with Gasteiger partial charge in [-0.05, 0) is 31.7 Å². The molecule has 3 N–H and O–H groups in total. The fraction of sp³-hybridized carbons (Fsp3) is 0.533. The zero-order chi connectivity index (χ0) is 15.4. The highest BCUT2D eigenvalue weighted by molar-refractivity contribution is 6.31. The standard InChI is InChI=1S/C15H23ClN4O/c1-3-12-9-20(7-6-19(12)2)10-15(21)18-14-5-4-11(16)8-13(14)17/h4-5,8,12H,3,6-7,9-10,17H2,1-2H3,(H,18,21). The number of likely N-dealkylation sites (N-methyl/N-ethyl adjacent to an activating group) is 1. The summed E-state index contributed by atoms with van der Waals surface area (Å²) in [6.07, 6.45) is 1.10. The number of hydrogen-bond donors (Lipinski definition) is 2. The van der Waals surface area contributed by atoms with Gasteiger partial charge in [0.05, 0.1) is 17.9 Å². The van der Waals surface area contributed by atoms with Crippen LogP contribution >= 0.6 is 11.6 Å². The Kier molecular flexibility index (Phi) is 5.45. The molecule has 1 atom stereocenters. The van der Waals surface area contributed by atoms with Crippen LogP contribution in [-0.2, 0) is 4.79 Å². The number of halogens is 1. The highest BCUT2D eigenvalue weighted by Gasteiger charge is 2.24. The maximum absolute atomic E-state index is 12.1. The van der Waals surface area contributed by atoms with Crippen LogP contribution in [-0.4, -0.2) is 55.0 Å². The van der Waals surface area contributed by atoms with Crippen LogP contribution in [0.1, 0.15) is 13.3 Å². The first-order valence-electron chi connectivity index (χ1n) is 7.27. The Bertz CT molecular complexity index is 508. The van der Waals surface area contributed by atoms with Gasteiger partial charge in [-0.3, -0.25) is 9.69 Å². The molecule has 1 amide bonds. The summed E-state index contributed by atoms with van der Waals surface area (Å²) in [5.74, 6) is -0.0385. The second-order valence-corrected chi connectivity index (χ2v) is 5.99. The lowest BCUT2D eigenvalue weighted by Crippen LogP contribution is -2.52. The van der Waals surface area contributed by atoms with Crippen LogP contribution in [0.4, 0.5) is 11.4 Å². The first kappa shape index (κ1) is 16.1. The van der Waals surface area contributed by atoms with Gasteiger partial charge >= 0.3 is 0 Å². The number of rotatable bonds is 4.